The summed E-state index contributed by atoms with van der Waals surface area (Å²) in [5, 5.41) is 0. The molecule has 2 heterocycles. The van der Waals surface area contributed by atoms with Gasteiger partial charge in [-0.3, -0.25) is 10.4 Å². The minimum absolute atomic E-state index is 0.0627. The summed E-state index contributed by atoms with van der Waals surface area (Å²) in [5.41, 5.74) is 13.4. The molecule has 3 atom stereocenters. The van der Waals surface area contributed by atoms with Gasteiger partial charge in [0.1, 0.15) is 0 Å². The Hall–Kier alpha value is -0.970. The Morgan fingerprint density at radius 2 is 2.13 bits per heavy atom. The zero-order valence-electron chi connectivity index (χ0n) is 9.14. The van der Waals surface area contributed by atoms with E-state index in [1.807, 2.05) is 24.4 Å². The van der Waals surface area contributed by atoms with Crippen molar-refractivity contribution in [3.05, 3.63) is 30.1 Å². The summed E-state index contributed by atoms with van der Waals surface area (Å²) in [4.78, 5) is 4.38. The van der Waals surface area contributed by atoms with Gasteiger partial charge in [-0.05, 0) is 18.1 Å². The van der Waals surface area contributed by atoms with Gasteiger partial charge in [0.25, 0.3) is 0 Å². The summed E-state index contributed by atoms with van der Waals surface area (Å²) in [5.74, 6) is 0.768. The Morgan fingerprint density at radius 3 is 2.73 bits per heavy atom. The molecule has 15 heavy (non-hydrogen) atoms. The molecular weight excluding hydrogens is 188 g/mol. The lowest BCUT2D eigenvalue weighted by molar-refractivity contribution is 0.398. The van der Waals surface area contributed by atoms with Crippen molar-refractivity contribution >= 4 is 0 Å². The number of nitrogens with two attached hydrogens (primary N) is 1. The van der Waals surface area contributed by atoms with Crippen LogP contribution in [0.4, 0.5) is 0 Å². The predicted molar refractivity (Wildman–Crippen MR) is 59.9 cm³/mol. The molecule has 1 aliphatic heterocycles. The second-order valence-electron chi connectivity index (χ2n) is 4.36. The standard InChI is InChI=1S/C11H18N4/c1-7(2)10-9(11(12)15-14-10)8-5-3-4-6-13-8/h3-7,9-11,14-15H,12H2,1-2H3. The van der Waals surface area contributed by atoms with Crippen LogP contribution in [-0.2, 0) is 0 Å². The fourth-order valence-electron chi connectivity index (χ4n) is 2.12. The highest BCUT2D eigenvalue weighted by molar-refractivity contribution is 5.16. The maximum atomic E-state index is 6.03. The van der Waals surface area contributed by atoms with E-state index in [4.69, 9.17) is 5.73 Å². The number of hydrogen-bond acceptors (Lipinski definition) is 4. The van der Waals surface area contributed by atoms with Crippen molar-refractivity contribution in [2.24, 2.45) is 11.7 Å². The van der Waals surface area contributed by atoms with Gasteiger partial charge in [0.15, 0.2) is 0 Å². The second-order valence-corrected chi connectivity index (χ2v) is 4.36. The maximum Gasteiger partial charge on any atom is 0.0779 e. The van der Waals surface area contributed by atoms with Gasteiger partial charge in [0.2, 0.25) is 0 Å². The third-order valence-electron chi connectivity index (χ3n) is 2.94. The molecule has 4 nitrogen and oxygen atoms in total. The molecule has 1 fully saturated rings. The molecule has 0 spiro atoms. The van der Waals surface area contributed by atoms with E-state index in [-0.39, 0.29) is 12.1 Å². The van der Waals surface area contributed by atoms with Crippen molar-refractivity contribution in [3.8, 4) is 0 Å². The van der Waals surface area contributed by atoms with Crippen LogP contribution in [0.1, 0.15) is 25.5 Å². The molecular formula is C11H18N4. The first kappa shape index (κ1) is 10.5. The first-order valence-electron chi connectivity index (χ1n) is 5.37. The van der Waals surface area contributed by atoms with Crippen LogP contribution in [0.3, 0.4) is 0 Å². The van der Waals surface area contributed by atoms with E-state index < -0.39 is 0 Å². The molecule has 0 amide bonds. The van der Waals surface area contributed by atoms with E-state index in [9.17, 15) is 0 Å². The molecule has 1 aliphatic rings. The molecule has 1 saturated heterocycles. The summed E-state index contributed by atoms with van der Waals surface area (Å²) in [7, 11) is 0. The van der Waals surface area contributed by atoms with E-state index in [1.165, 1.54) is 0 Å². The van der Waals surface area contributed by atoms with Crippen molar-refractivity contribution in [1.29, 1.82) is 0 Å². The molecule has 0 aliphatic carbocycles. The number of hydrogen-bond donors (Lipinski definition) is 3. The van der Waals surface area contributed by atoms with Crippen LogP contribution >= 0.6 is 0 Å². The largest absolute Gasteiger partial charge is 0.314 e. The Bertz CT molecular complexity index is 312. The number of nitrogens with one attached hydrogen (secondary N) is 2. The molecule has 0 saturated carbocycles. The molecule has 4 N–H and O–H groups in total. The number of nitrogens with zero attached hydrogens (tertiary/aromatic N) is 1. The lowest BCUT2D eigenvalue weighted by Gasteiger charge is -2.23. The minimum Gasteiger partial charge on any atom is -0.314 e. The summed E-state index contributed by atoms with van der Waals surface area (Å²) in [6.45, 7) is 4.38. The molecule has 1 aromatic rings. The van der Waals surface area contributed by atoms with Crippen molar-refractivity contribution in [2.45, 2.75) is 32.0 Å². The lowest BCUT2D eigenvalue weighted by Crippen LogP contribution is -2.39. The zero-order valence-corrected chi connectivity index (χ0v) is 9.14. The smallest absolute Gasteiger partial charge is 0.0779 e. The predicted octanol–water partition coefficient (Wildman–Crippen LogP) is 0.582. The van der Waals surface area contributed by atoms with Crippen molar-refractivity contribution in [2.75, 3.05) is 0 Å². The SMILES string of the molecule is CC(C)C1NNC(N)C1c1ccccn1. The second kappa shape index (κ2) is 4.26. The topological polar surface area (TPSA) is 63.0 Å². The molecule has 0 radical (unpaired) electrons. The highest BCUT2D eigenvalue weighted by Crippen LogP contribution is 2.27. The average Bonchev–Trinajstić information content (AvgIpc) is 2.61. The van der Waals surface area contributed by atoms with E-state index in [2.05, 4.69) is 29.7 Å². The van der Waals surface area contributed by atoms with E-state index in [0.717, 1.165) is 5.69 Å². The monoisotopic (exact) mass is 206 g/mol. The first-order valence-corrected chi connectivity index (χ1v) is 5.37. The van der Waals surface area contributed by atoms with Crippen molar-refractivity contribution < 1.29 is 0 Å². The average molecular weight is 206 g/mol. The van der Waals surface area contributed by atoms with Crippen LogP contribution in [0.25, 0.3) is 0 Å². The van der Waals surface area contributed by atoms with E-state index >= 15 is 0 Å². The molecule has 82 valence electrons. The summed E-state index contributed by atoms with van der Waals surface area (Å²) in [6, 6.07) is 6.31. The van der Waals surface area contributed by atoms with Gasteiger partial charge in [-0.2, -0.15) is 0 Å². The van der Waals surface area contributed by atoms with Gasteiger partial charge in [-0.15, -0.1) is 0 Å². The highest BCUT2D eigenvalue weighted by Gasteiger charge is 2.37. The molecule has 3 unspecified atom stereocenters. The van der Waals surface area contributed by atoms with Crippen LogP contribution in [0.15, 0.2) is 24.4 Å². The normalized spacial score (nSPS) is 31.1. The van der Waals surface area contributed by atoms with Gasteiger partial charge in [-0.25, -0.2) is 5.43 Å². The fourth-order valence-corrected chi connectivity index (χ4v) is 2.12. The number of aromatic nitrogens is 1. The minimum atomic E-state index is -0.0627. The quantitative estimate of drug-likeness (QED) is 0.662. The number of rotatable bonds is 2. The van der Waals surface area contributed by atoms with Gasteiger partial charge in [0, 0.05) is 23.9 Å². The van der Waals surface area contributed by atoms with Crippen LogP contribution in [-0.4, -0.2) is 17.2 Å². The summed E-state index contributed by atoms with van der Waals surface area (Å²) in [6.07, 6.45) is 1.75. The Balaban J connectivity index is 2.25. The third kappa shape index (κ3) is 2.02. The van der Waals surface area contributed by atoms with Crippen LogP contribution in [0.2, 0.25) is 0 Å². The first-order chi connectivity index (χ1) is 7.20. The summed E-state index contributed by atoms with van der Waals surface area (Å²) < 4.78 is 0. The van der Waals surface area contributed by atoms with Crippen LogP contribution in [0.5, 0.6) is 0 Å². The van der Waals surface area contributed by atoms with Gasteiger partial charge in [0.05, 0.1) is 6.17 Å². The fraction of sp³-hybridized carbons (Fsp3) is 0.545. The third-order valence-corrected chi connectivity index (χ3v) is 2.94. The molecule has 4 heteroatoms. The Labute approximate surface area is 90.2 Å². The number of hydrazine groups is 1. The van der Waals surface area contributed by atoms with Crippen molar-refractivity contribution in [1.82, 2.24) is 15.8 Å². The lowest BCUT2D eigenvalue weighted by atomic mass is 9.88. The van der Waals surface area contributed by atoms with Gasteiger partial charge >= 0.3 is 0 Å². The van der Waals surface area contributed by atoms with Gasteiger partial charge in [-0.1, -0.05) is 19.9 Å². The Morgan fingerprint density at radius 1 is 1.33 bits per heavy atom. The van der Waals surface area contributed by atoms with Crippen LogP contribution < -0.4 is 16.6 Å². The maximum absolute atomic E-state index is 6.03. The summed E-state index contributed by atoms with van der Waals surface area (Å²) >= 11 is 0. The molecule has 1 aromatic heterocycles. The number of pyridine rings is 1. The van der Waals surface area contributed by atoms with Crippen molar-refractivity contribution in [3.63, 3.8) is 0 Å². The van der Waals surface area contributed by atoms with E-state index in [0.29, 0.717) is 12.0 Å². The van der Waals surface area contributed by atoms with Gasteiger partial charge < -0.3 is 5.73 Å². The highest BCUT2D eigenvalue weighted by atomic mass is 15.5. The molecule has 2 rings (SSSR count). The molecule has 0 aromatic carbocycles. The molecule has 0 bridgehead atoms. The van der Waals surface area contributed by atoms with E-state index in [1.54, 1.807) is 0 Å². The zero-order chi connectivity index (χ0) is 10.8. The Kier molecular flexibility index (Phi) is 3.00. The van der Waals surface area contributed by atoms with Crippen LogP contribution in [0, 0.1) is 5.92 Å².